The van der Waals surface area contributed by atoms with Crippen LogP contribution in [0.1, 0.15) is 17.0 Å². The van der Waals surface area contributed by atoms with Crippen LogP contribution >= 0.6 is 11.8 Å². The first-order chi connectivity index (χ1) is 15.1. The zero-order valence-electron chi connectivity index (χ0n) is 18.5. The molecule has 4 aromatic rings. The van der Waals surface area contributed by atoms with E-state index in [4.69, 9.17) is 9.72 Å². The second-order valence-corrected chi connectivity index (χ2v) is 8.49. The molecule has 0 saturated heterocycles. The number of hydrogen-bond donors (Lipinski definition) is 1. The highest BCUT2D eigenvalue weighted by Crippen LogP contribution is 2.29. The Morgan fingerprint density at radius 2 is 1.84 bits per heavy atom. The number of hydrogen-bond acceptors (Lipinski definition) is 5. The van der Waals surface area contributed by atoms with Crippen LogP contribution in [-0.4, -0.2) is 34.7 Å². The SMILES string of the molecule is COc1ccc(-c2nc3cc(SC)ccc3cc2CNCCn2nc(C)cc2C)cc1. The monoisotopic (exact) mass is 432 g/mol. The number of fused-ring (bicyclic) bond motifs is 1. The molecule has 0 unspecified atom stereocenters. The molecule has 0 amide bonds. The van der Waals surface area contributed by atoms with Gasteiger partial charge in [0.1, 0.15) is 5.75 Å². The van der Waals surface area contributed by atoms with Gasteiger partial charge >= 0.3 is 0 Å². The van der Waals surface area contributed by atoms with E-state index in [1.54, 1.807) is 18.9 Å². The minimum absolute atomic E-state index is 0.744. The molecule has 1 N–H and O–H groups in total. The second-order valence-electron chi connectivity index (χ2n) is 7.61. The van der Waals surface area contributed by atoms with Gasteiger partial charge in [0.15, 0.2) is 0 Å². The molecule has 0 saturated carbocycles. The van der Waals surface area contributed by atoms with Gasteiger partial charge in [0.05, 0.1) is 30.6 Å². The van der Waals surface area contributed by atoms with E-state index in [-0.39, 0.29) is 0 Å². The number of nitrogens with zero attached hydrogens (tertiary/aromatic N) is 3. The molecule has 0 aliphatic heterocycles. The maximum absolute atomic E-state index is 5.32. The lowest BCUT2D eigenvalue weighted by atomic mass is 10.0. The molecule has 2 aromatic carbocycles. The van der Waals surface area contributed by atoms with Crippen LogP contribution in [0.5, 0.6) is 5.75 Å². The lowest BCUT2D eigenvalue weighted by molar-refractivity contribution is 0.415. The third-order valence-electron chi connectivity index (χ3n) is 5.39. The number of methoxy groups -OCH3 is 1. The Morgan fingerprint density at radius 3 is 2.52 bits per heavy atom. The molecule has 2 heterocycles. The van der Waals surface area contributed by atoms with Crippen molar-refractivity contribution in [2.24, 2.45) is 0 Å². The fraction of sp³-hybridized carbons (Fsp3) is 0.280. The summed E-state index contributed by atoms with van der Waals surface area (Å²) in [5.74, 6) is 0.846. The summed E-state index contributed by atoms with van der Waals surface area (Å²) in [4.78, 5) is 6.27. The van der Waals surface area contributed by atoms with Crippen LogP contribution in [-0.2, 0) is 13.1 Å². The Bertz CT molecular complexity index is 1180. The summed E-state index contributed by atoms with van der Waals surface area (Å²) in [5, 5.41) is 9.28. The summed E-state index contributed by atoms with van der Waals surface area (Å²) < 4.78 is 7.38. The topological polar surface area (TPSA) is 52.0 Å². The molecule has 0 atom stereocenters. The van der Waals surface area contributed by atoms with Gasteiger partial charge < -0.3 is 10.1 Å². The molecule has 4 rings (SSSR count). The summed E-state index contributed by atoms with van der Waals surface area (Å²) >= 11 is 1.73. The van der Waals surface area contributed by atoms with Gasteiger partial charge in [-0.05, 0) is 74.2 Å². The van der Waals surface area contributed by atoms with Gasteiger partial charge in [0.25, 0.3) is 0 Å². The Hall–Kier alpha value is -2.83. The van der Waals surface area contributed by atoms with E-state index in [2.05, 4.69) is 70.7 Å². The number of rotatable bonds is 8. The largest absolute Gasteiger partial charge is 0.497 e. The highest BCUT2D eigenvalue weighted by atomic mass is 32.2. The smallest absolute Gasteiger partial charge is 0.118 e. The van der Waals surface area contributed by atoms with Crippen LogP contribution < -0.4 is 10.1 Å². The third-order valence-corrected chi connectivity index (χ3v) is 6.11. The minimum Gasteiger partial charge on any atom is -0.497 e. The Kier molecular flexibility index (Phi) is 6.59. The summed E-state index contributed by atoms with van der Waals surface area (Å²) in [6, 6.07) is 19.0. The molecular weight excluding hydrogens is 404 g/mol. The molecule has 160 valence electrons. The van der Waals surface area contributed by atoms with Crippen molar-refractivity contribution in [2.45, 2.75) is 31.8 Å². The zero-order chi connectivity index (χ0) is 21.8. The Morgan fingerprint density at radius 1 is 1.03 bits per heavy atom. The van der Waals surface area contributed by atoms with E-state index in [9.17, 15) is 0 Å². The normalized spacial score (nSPS) is 11.2. The number of aryl methyl sites for hydroxylation is 2. The highest BCUT2D eigenvalue weighted by molar-refractivity contribution is 7.98. The molecule has 5 nitrogen and oxygen atoms in total. The molecule has 2 aromatic heterocycles. The van der Waals surface area contributed by atoms with Crippen molar-refractivity contribution in [1.82, 2.24) is 20.1 Å². The van der Waals surface area contributed by atoms with Crippen LogP contribution in [0.3, 0.4) is 0 Å². The molecule has 0 bridgehead atoms. The average Bonchev–Trinajstić information content (AvgIpc) is 3.12. The lowest BCUT2D eigenvalue weighted by Gasteiger charge is -2.13. The predicted molar refractivity (Wildman–Crippen MR) is 129 cm³/mol. The first-order valence-corrected chi connectivity index (χ1v) is 11.6. The molecule has 0 spiro atoms. The number of pyridine rings is 1. The van der Waals surface area contributed by atoms with Crippen molar-refractivity contribution < 1.29 is 4.74 Å². The van der Waals surface area contributed by atoms with E-state index < -0.39 is 0 Å². The first kappa shape index (κ1) is 21.4. The van der Waals surface area contributed by atoms with Gasteiger partial charge in [-0.15, -0.1) is 11.8 Å². The molecule has 6 heteroatoms. The maximum atomic E-state index is 5.32. The Labute approximate surface area is 187 Å². The molecule has 31 heavy (non-hydrogen) atoms. The van der Waals surface area contributed by atoms with Gasteiger partial charge in [-0.1, -0.05) is 6.07 Å². The second kappa shape index (κ2) is 9.54. The number of nitrogens with one attached hydrogen (secondary N) is 1. The molecular formula is C25H28N4OS. The average molecular weight is 433 g/mol. The number of aromatic nitrogens is 3. The van der Waals surface area contributed by atoms with Crippen molar-refractivity contribution in [1.29, 1.82) is 0 Å². The van der Waals surface area contributed by atoms with Crippen LogP contribution in [0.4, 0.5) is 0 Å². The lowest BCUT2D eigenvalue weighted by Crippen LogP contribution is -2.21. The minimum atomic E-state index is 0.744. The number of ether oxygens (including phenoxy) is 1. The van der Waals surface area contributed by atoms with Gasteiger partial charge in [0, 0.05) is 34.6 Å². The van der Waals surface area contributed by atoms with E-state index in [0.717, 1.165) is 53.2 Å². The zero-order valence-corrected chi connectivity index (χ0v) is 19.3. The van der Waals surface area contributed by atoms with Crippen LogP contribution in [0.25, 0.3) is 22.2 Å². The third kappa shape index (κ3) is 4.92. The molecule has 0 fully saturated rings. The van der Waals surface area contributed by atoms with Crippen molar-refractivity contribution in [2.75, 3.05) is 19.9 Å². The fourth-order valence-corrected chi connectivity index (χ4v) is 4.19. The summed E-state index contributed by atoms with van der Waals surface area (Å²) in [5.41, 5.74) is 6.55. The van der Waals surface area contributed by atoms with E-state index >= 15 is 0 Å². The van der Waals surface area contributed by atoms with E-state index in [0.29, 0.717) is 0 Å². The quantitative estimate of drug-likeness (QED) is 0.305. The summed E-state index contributed by atoms with van der Waals surface area (Å²) in [6.45, 7) is 6.55. The highest BCUT2D eigenvalue weighted by Gasteiger charge is 2.11. The molecule has 0 aliphatic rings. The number of thioether (sulfide) groups is 1. The van der Waals surface area contributed by atoms with Gasteiger partial charge in [-0.2, -0.15) is 5.10 Å². The summed E-state index contributed by atoms with van der Waals surface area (Å²) in [7, 11) is 1.69. The molecule has 0 aliphatic carbocycles. The fourth-order valence-electron chi connectivity index (χ4n) is 3.76. The standard InChI is InChI=1S/C25H28N4OS/c1-17-13-18(2)29(28-17)12-11-26-16-21-14-20-7-10-23(31-4)15-24(20)27-25(21)19-5-8-22(30-3)9-6-19/h5-10,13-15,26H,11-12,16H2,1-4H3. The first-order valence-electron chi connectivity index (χ1n) is 10.4. The van der Waals surface area contributed by atoms with Gasteiger partial charge in [-0.25, -0.2) is 4.98 Å². The predicted octanol–water partition coefficient (Wildman–Crippen LogP) is 5.24. The maximum Gasteiger partial charge on any atom is 0.118 e. The Balaban J connectivity index is 1.60. The summed E-state index contributed by atoms with van der Waals surface area (Å²) in [6.07, 6.45) is 2.09. The van der Waals surface area contributed by atoms with Crippen molar-refractivity contribution >= 4 is 22.7 Å². The van der Waals surface area contributed by atoms with Crippen molar-refractivity contribution in [3.63, 3.8) is 0 Å². The molecule has 0 radical (unpaired) electrons. The van der Waals surface area contributed by atoms with Crippen LogP contribution in [0, 0.1) is 13.8 Å². The van der Waals surface area contributed by atoms with Crippen LogP contribution in [0.2, 0.25) is 0 Å². The van der Waals surface area contributed by atoms with E-state index in [1.165, 1.54) is 16.2 Å². The van der Waals surface area contributed by atoms with Crippen LogP contribution in [0.15, 0.2) is 59.5 Å². The van der Waals surface area contributed by atoms with Crippen molar-refractivity contribution in [3.05, 3.63) is 71.5 Å². The van der Waals surface area contributed by atoms with Crippen molar-refractivity contribution in [3.8, 4) is 17.0 Å². The van der Waals surface area contributed by atoms with Gasteiger partial charge in [-0.3, -0.25) is 4.68 Å². The van der Waals surface area contributed by atoms with Gasteiger partial charge in [0.2, 0.25) is 0 Å². The van der Waals surface area contributed by atoms with E-state index in [1.807, 2.05) is 19.1 Å². The number of benzene rings is 2.